The largest absolute Gasteiger partial charge is 0.396 e. The molecule has 2 atom stereocenters. The van der Waals surface area contributed by atoms with Crippen molar-refractivity contribution in [2.75, 3.05) is 38.3 Å². The van der Waals surface area contributed by atoms with Crippen LogP contribution in [-0.4, -0.2) is 93.9 Å². The minimum absolute atomic E-state index is 0.0307. The molecule has 11 nitrogen and oxygen atoms in total. The molecule has 0 bridgehead atoms. The first-order valence-corrected chi connectivity index (χ1v) is 11.9. The lowest BCUT2D eigenvalue weighted by molar-refractivity contribution is -0.121. The number of aliphatic hydroxyl groups excluding tert-OH is 5. The molecule has 1 rings (SSSR count). The number of anilines is 1. The van der Waals surface area contributed by atoms with Gasteiger partial charge >= 0.3 is 0 Å². The summed E-state index contributed by atoms with van der Waals surface area (Å²) >= 11 is 5.38. The van der Waals surface area contributed by atoms with Crippen LogP contribution in [-0.2, 0) is 4.79 Å². The van der Waals surface area contributed by atoms with E-state index in [1.54, 1.807) is 45.2 Å². The van der Waals surface area contributed by atoms with Crippen molar-refractivity contribution in [1.82, 2.24) is 4.90 Å². The summed E-state index contributed by atoms with van der Waals surface area (Å²) in [6.07, 6.45) is -3.09. The Kier molecular flexibility index (Phi) is 11.8. The van der Waals surface area contributed by atoms with E-state index in [1.165, 1.54) is 7.05 Å². The Morgan fingerprint density at radius 3 is 2.00 bits per heavy atom. The zero-order valence-electron chi connectivity index (χ0n) is 16.3. The molecule has 3 amide bonds. The van der Waals surface area contributed by atoms with E-state index >= 15 is 0 Å². The molecular weight excluding hydrogens is 755 g/mol. The van der Waals surface area contributed by atoms with Crippen LogP contribution in [0, 0.1) is 10.7 Å². The van der Waals surface area contributed by atoms with Crippen LogP contribution < -0.4 is 10.6 Å². The fourth-order valence-electron chi connectivity index (χ4n) is 2.62. The minimum Gasteiger partial charge on any atom is -0.396 e. The highest BCUT2D eigenvalue weighted by Gasteiger charge is 2.34. The number of hydrogen-bond acceptors (Lipinski definition) is 8. The number of hydrogen-bond donors (Lipinski definition) is 6. The summed E-state index contributed by atoms with van der Waals surface area (Å²) in [4.78, 5) is 39.6. The summed E-state index contributed by atoms with van der Waals surface area (Å²) in [6, 6.07) is 0. The van der Waals surface area contributed by atoms with Crippen molar-refractivity contribution in [3.63, 3.8) is 0 Å². The second-order valence-corrected chi connectivity index (χ2v) is 9.54. The lowest BCUT2D eigenvalue weighted by atomic mass is 10.1. The number of rotatable bonds is 10. The van der Waals surface area contributed by atoms with Gasteiger partial charge in [0.25, 0.3) is 17.7 Å². The summed E-state index contributed by atoms with van der Waals surface area (Å²) in [6.45, 7) is -2.40. The average molecular weight is 777 g/mol. The van der Waals surface area contributed by atoms with Crippen LogP contribution in [0.5, 0.6) is 0 Å². The van der Waals surface area contributed by atoms with E-state index in [0.717, 1.165) is 9.80 Å². The van der Waals surface area contributed by atoms with Gasteiger partial charge in [0.05, 0.1) is 43.2 Å². The lowest BCUT2D eigenvalue weighted by Gasteiger charge is -2.31. The Bertz CT molecular complexity index is 855. The van der Waals surface area contributed by atoms with Crippen molar-refractivity contribution in [3.8, 4) is 0 Å². The first-order valence-electron chi connectivity index (χ1n) is 8.70. The zero-order valence-corrected chi connectivity index (χ0v) is 22.7. The Morgan fingerprint density at radius 1 is 1.00 bits per heavy atom. The van der Waals surface area contributed by atoms with Crippen LogP contribution in [0.3, 0.4) is 0 Å². The van der Waals surface area contributed by atoms with Crippen molar-refractivity contribution in [1.29, 1.82) is 0 Å². The second kappa shape index (κ2) is 12.8. The quantitative estimate of drug-likeness (QED) is 0.130. The van der Waals surface area contributed by atoms with E-state index < -0.39 is 56.4 Å². The number of nitrogens with two attached hydrogens (primary N) is 1. The van der Waals surface area contributed by atoms with Crippen LogP contribution in [0.2, 0.25) is 0 Å². The first-order chi connectivity index (χ1) is 14.4. The molecule has 2 unspecified atom stereocenters. The third-order valence-corrected chi connectivity index (χ3v) is 7.40. The maximum atomic E-state index is 13.4. The molecule has 0 aliphatic carbocycles. The highest BCUT2D eigenvalue weighted by molar-refractivity contribution is 14.1. The number of primary amides is 1. The zero-order chi connectivity index (χ0) is 24.0. The summed E-state index contributed by atoms with van der Waals surface area (Å²) in [5.74, 6) is -2.37. The third kappa shape index (κ3) is 6.58. The van der Waals surface area contributed by atoms with Crippen molar-refractivity contribution in [3.05, 3.63) is 21.8 Å². The molecule has 0 aromatic heterocycles. The number of nitrogens with zero attached hydrogens (tertiary/aromatic N) is 2. The van der Waals surface area contributed by atoms with Crippen LogP contribution >= 0.6 is 67.8 Å². The molecule has 1 aromatic carbocycles. The molecule has 0 aliphatic rings. The average Bonchev–Trinajstić information content (AvgIpc) is 2.70. The number of halogens is 3. The van der Waals surface area contributed by atoms with E-state index in [0.29, 0.717) is 0 Å². The van der Waals surface area contributed by atoms with E-state index in [4.69, 9.17) is 15.9 Å². The van der Waals surface area contributed by atoms with Gasteiger partial charge in [0.1, 0.15) is 12.8 Å². The van der Waals surface area contributed by atoms with Gasteiger partial charge < -0.3 is 41.1 Å². The predicted octanol–water partition coefficient (Wildman–Crippen LogP) is -0.949. The Balaban J connectivity index is 3.81. The van der Waals surface area contributed by atoms with Crippen LogP contribution in [0.4, 0.5) is 5.69 Å². The van der Waals surface area contributed by atoms with Gasteiger partial charge in [-0.05, 0) is 67.8 Å². The van der Waals surface area contributed by atoms with E-state index in [9.17, 15) is 29.7 Å². The van der Waals surface area contributed by atoms with Gasteiger partial charge in [-0.3, -0.25) is 14.4 Å². The van der Waals surface area contributed by atoms with E-state index in [1.807, 2.05) is 22.6 Å². The number of aliphatic hydroxyl groups is 5. The highest BCUT2D eigenvalue weighted by atomic mass is 127. The second-order valence-electron chi connectivity index (χ2n) is 6.30. The molecule has 0 fully saturated rings. The maximum Gasteiger partial charge on any atom is 0.258 e. The molecule has 0 spiro atoms. The van der Waals surface area contributed by atoms with Crippen LogP contribution in [0.15, 0.2) is 0 Å². The molecule has 0 heterocycles. The highest BCUT2D eigenvalue weighted by Crippen LogP contribution is 2.38. The first kappa shape index (κ1) is 28.7. The molecule has 0 aliphatic heterocycles. The number of likely N-dealkylation sites (N-methyl/N-ethyl adjacent to an activating group) is 1. The fraction of sp³-hybridized carbons (Fsp3) is 0.471. The SMILES string of the molecule is CN(C(=O)CO)c1c(I)c(C(N)=O)c(I)c(C(=O)N(CC(O)CO)C(O)CCO)c1I. The van der Waals surface area contributed by atoms with Crippen LogP contribution in [0.25, 0.3) is 0 Å². The normalized spacial score (nSPS) is 12.9. The smallest absolute Gasteiger partial charge is 0.258 e. The third-order valence-electron chi connectivity index (χ3n) is 4.22. The Morgan fingerprint density at radius 2 is 1.55 bits per heavy atom. The number of benzene rings is 1. The summed E-state index contributed by atoms with van der Waals surface area (Å²) in [7, 11) is 1.36. The number of carbonyl (C=O) groups excluding carboxylic acids is 3. The van der Waals surface area contributed by atoms with Crippen molar-refractivity contribution in [2.24, 2.45) is 5.73 Å². The molecule has 1 aromatic rings. The van der Waals surface area contributed by atoms with Gasteiger partial charge in [0.2, 0.25) is 0 Å². The van der Waals surface area contributed by atoms with Crippen molar-refractivity contribution < 1.29 is 39.9 Å². The molecule has 0 saturated carbocycles. The predicted molar refractivity (Wildman–Crippen MR) is 135 cm³/mol. The molecule has 7 N–H and O–H groups in total. The standard InChI is InChI=1S/C17H22I3N3O8/c1-22(9(29)6-26)15-13(19)10(16(21)30)12(18)11(14(15)20)17(31)23(4-7(27)5-25)8(28)2-3-24/h7-8,24-28H,2-6H2,1H3,(H2,21,30). The Labute approximate surface area is 219 Å². The summed E-state index contributed by atoms with van der Waals surface area (Å²) in [5.41, 5.74) is 5.58. The van der Waals surface area contributed by atoms with Crippen molar-refractivity contribution in [2.45, 2.75) is 18.8 Å². The fourth-order valence-corrected chi connectivity index (χ4v) is 7.50. The van der Waals surface area contributed by atoms with Crippen LogP contribution in [0.1, 0.15) is 27.1 Å². The number of carbonyl (C=O) groups is 3. The van der Waals surface area contributed by atoms with Gasteiger partial charge in [-0.25, -0.2) is 0 Å². The monoisotopic (exact) mass is 777 g/mol. The topological polar surface area (TPSA) is 185 Å². The van der Waals surface area contributed by atoms with E-state index in [-0.39, 0.29) is 33.9 Å². The summed E-state index contributed by atoms with van der Waals surface area (Å²) < 4.78 is 0.695. The molecule has 0 saturated heterocycles. The molecule has 14 heteroatoms. The molecule has 0 radical (unpaired) electrons. The van der Waals surface area contributed by atoms with E-state index in [2.05, 4.69) is 0 Å². The maximum absolute atomic E-state index is 13.4. The van der Waals surface area contributed by atoms with Gasteiger partial charge in [-0.1, -0.05) is 0 Å². The summed E-state index contributed by atoms with van der Waals surface area (Å²) in [5, 5.41) is 47.7. The minimum atomic E-state index is -1.50. The van der Waals surface area contributed by atoms with Gasteiger partial charge in [-0.15, -0.1) is 0 Å². The van der Waals surface area contributed by atoms with Crippen molar-refractivity contribution >= 4 is 91.2 Å². The van der Waals surface area contributed by atoms with Gasteiger partial charge in [-0.2, -0.15) is 0 Å². The molecular formula is C17H22I3N3O8. The van der Waals surface area contributed by atoms with Gasteiger partial charge in [0, 0.05) is 23.6 Å². The molecule has 31 heavy (non-hydrogen) atoms. The lowest BCUT2D eigenvalue weighted by Crippen LogP contribution is -2.46. The Hall–Kier alpha value is -0.380. The number of amides is 3. The molecule has 174 valence electrons. The van der Waals surface area contributed by atoms with Gasteiger partial charge in [0.15, 0.2) is 0 Å².